The lowest BCUT2D eigenvalue weighted by Gasteiger charge is -2.18. The number of amides is 1. The minimum absolute atomic E-state index is 0.0614. The van der Waals surface area contributed by atoms with Crippen molar-refractivity contribution in [2.45, 2.75) is 25.8 Å². The van der Waals surface area contributed by atoms with Crippen molar-refractivity contribution in [3.05, 3.63) is 77.7 Å². The number of carbonyl (C=O) groups excluding carboxylic acids is 1. The van der Waals surface area contributed by atoms with Crippen molar-refractivity contribution in [3.8, 4) is 5.82 Å². The summed E-state index contributed by atoms with van der Waals surface area (Å²) in [5.74, 6) is 1.15. The predicted molar refractivity (Wildman–Crippen MR) is 95.5 cm³/mol. The van der Waals surface area contributed by atoms with Crippen LogP contribution in [0.1, 0.15) is 40.5 Å². The highest BCUT2D eigenvalue weighted by molar-refractivity contribution is 5.95. The summed E-state index contributed by atoms with van der Waals surface area (Å²) in [5.41, 5.74) is 2.54. The Hall–Kier alpha value is -2.95. The van der Waals surface area contributed by atoms with Crippen LogP contribution in [0, 0.1) is 12.8 Å². The topological polar surface area (TPSA) is 59.8 Å². The van der Waals surface area contributed by atoms with Crippen LogP contribution in [0.2, 0.25) is 0 Å². The molecule has 1 aromatic carbocycles. The minimum atomic E-state index is -0.0829. The molecule has 0 aliphatic heterocycles. The summed E-state index contributed by atoms with van der Waals surface area (Å²) in [4.78, 5) is 17.1. The van der Waals surface area contributed by atoms with E-state index in [-0.39, 0.29) is 11.9 Å². The molecule has 3 aromatic rings. The molecule has 0 radical (unpaired) electrons. The van der Waals surface area contributed by atoms with Gasteiger partial charge in [0.2, 0.25) is 0 Å². The van der Waals surface area contributed by atoms with Gasteiger partial charge in [-0.05, 0) is 43.4 Å². The van der Waals surface area contributed by atoms with Gasteiger partial charge in [-0.1, -0.05) is 36.4 Å². The lowest BCUT2D eigenvalue weighted by Crippen LogP contribution is -2.30. The maximum Gasteiger partial charge on any atom is 0.255 e. The number of carbonyl (C=O) groups is 1. The minimum Gasteiger partial charge on any atom is -0.345 e. The van der Waals surface area contributed by atoms with E-state index in [0.29, 0.717) is 17.3 Å². The van der Waals surface area contributed by atoms with Gasteiger partial charge in [0.25, 0.3) is 5.91 Å². The predicted octanol–water partition coefficient (Wildman–Crippen LogP) is 3.46. The van der Waals surface area contributed by atoms with Gasteiger partial charge in [0.1, 0.15) is 0 Å². The summed E-state index contributed by atoms with van der Waals surface area (Å²) in [7, 11) is 0. The fraction of sp³-hybridized carbons (Fsp3) is 0.250. The molecule has 1 N–H and O–H groups in total. The molecule has 126 valence electrons. The van der Waals surface area contributed by atoms with E-state index in [1.54, 1.807) is 17.1 Å². The Morgan fingerprint density at radius 3 is 2.60 bits per heavy atom. The largest absolute Gasteiger partial charge is 0.345 e. The molecule has 25 heavy (non-hydrogen) atoms. The molecule has 0 saturated heterocycles. The Morgan fingerprint density at radius 2 is 1.92 bits per heavy atom. The molecule has 0 unspecified atom stereocenters. The summed E-state index contributed by atoms with van der Waals surface area (Å²) in [6.07, 6.45) is 5.65. The second-order valence-electron chi connectivity index (χ2n) is 6.44. The van der Waals surface area contributed by atoms with E-state index in [4.69, 9.17) is 0 Å². The third-order valence-electron chi connectivity index (χ3n) is 4.66. The summed E-state index contributed by atoms with van der Waals surface area (Å²) >= 11 is 0. The molecule has 0 spiro atoms. The lowest BCUT2D eigenvalue weighted by molar-refractivity contribution is 0.0931. The van der Waals surface area contributed by atoms with Crippen LogP contribution in [-0.4, -0.2) is 20.7 Å². The number of benzene rings is 1. The number of aromatic nitrogens is 3. The Balaban J connectivity index is 1.58. The summed E-state index contributed by atoms with van der Waals surface area (Å²) in [6.45, 7) is 1.89. The summed E-state index contributed by atoms with van der Waals surface area (Å²) < 4.78 is 1.70. The normalized spacial score (nSPS) is 14.9. The molecule has 4 rings (SSSR count). The fourth-order valence-corrected chi connectivity index (χ4v) is 3.12. The van der Waals surface area contributed by atoms with E-state index in [2.05, 4.69) is 27.5 Å². The van der Waals surface area contributed by atoms with Crippen molar-refractivity contribution in [2.75, 3.05) is 0 Å². The van der Waals surface area contributed by atoms with E-state index in [1.165, 1.54) is 0 Å². The van der Waals surface area contributed by atoms with Crippen molar-refractivity contribution in [2.24, 2.45) is 5.92 Å². The first-order chi connectivity index (χ1) is 12.2. The van der Waals surface area contributed by atoms with Gasteiger partial charge < -0.3 is 5.32 Å². The number of pyridine rings is 1. The zero-order valence-corrected chi connectivity index (χ0v) is 14.1. The van der Waals surface area contributed by atoms with E-state index < -0.39 is 0 Å². The average molecular weight is 332 g/mol. The van der Waals surface area contributed by atoms with E-state index in [1.807, 2.05) is 43.3 Å². The number of hydrogen-bond acceptors (Lipinski definition) is 3. The van der Waals surface area contributed by atoms with Crippen molar-refractivity contribution in [1.29, 1.82) is 0 Å². The van der Waals surface area contributed by atoms with E-state index in [9.17, 15) is 4.79 Å². The van der Waals surface area contributed by atoms with Crippen LogP contribution < -0.4 is 5.32 Å². The molecule has 1 atom stereocenters. The van der Waals surface area contributed by atoms with Gasteiger partial charge in [-0.3, -0.25) is 4.79 Å². The number of nitrogens with zero attached hydrogens (tertiary/aromatic N) is 3. The van der Waals surface area contributed by atoms with Crippen LogP contribution >= 0.6 is 0 Å². The number of hydrogen-bond donors (Lipinski definition) is 1. The fourth-order valence-electron chi connectivity index (χ4n) is 3.12. The molecule has 1 amide bonds. The second kappa shape index (κ2) is 6.51. The molecular formula is C20H20N4O. The van der Waals surface area contributed by atoms with Crippen LogP contribution in [0.4, 0.5) is 0 Å². The third kappa shape index (κ3) is 3.18. The van der Waals surface area contributed by atoms with Crippen molar-refractivity contribution >= 4 is 5.91 Å². The molecule has 1 fully saturated rings. The molecule has 1 aliphatic carbocycles. The van der Waals surface area contributed by atoms with Crippen LogP contribution in [0.15, 0.2) is 60.9 Å². The Labute approximate surface area is 146 Å². The standard InChI is InChI=1S/C20H20N4O/c1-14-17(13-22-24(14)18-9-5-6-12-21-18)20(25)23-19(16-10-11-16)15-7-3-2-4-8-15/h2-9,12-13,16,19H,10-11H2,1H3,(H,23,25)/t19-/m0/s1. The Kier molecular flexibility index (Phi) is 4.06. The monoisotopic (exact) mass is 332 g/mol. The first kappa shape index (κ1) is 15.6. The van der Waals surface area contributed by atoms with Crippen LogP contribution in [-0.2, 0) is 0 Å². The third-order valence-corrected chi connectivity index (χ3v) is 4.66. The van der Waals surface area contributed by atoms with Crippen LogP contribution in [0.25, 0.3) is 5.82 Å². The Morgan fingerprint density at radius 1 is 1.16 bits per heavy atom. The molecule has 5 nitrogen and oxygen atoms in total. The molecule has 5 heteroatoms. The molecule has 2 heterocycles. The van der Waals surface area contributed by atoms with Gasteiger partial charge in [0.15, 0.2) is 5.82 Å². The van der Waals surface area contributed by atoms with Gasteiger partial charge in [0, 0.05) is 6.20 Å². The SMILES string of the molecule is Cc1c(C(=O)N[C@@H](c2ccccc2)C2CC2)cnn1-c1ccccn1. The molecule has 0 bridgehead atoms. The maximum atomic E-state index is 12.8. The van der Waals surface area contributed by atoms with Gasteiger partial charge in [-0.15, -0.1) is 0 Å². The second-order valence-corrected chi connectivity index (χ2v) is 6.44. The zero-order chi connectivity index (χ0) is 17.2. The van der Waals surface area contributed by atoms with Gasteiger partial charge >= 0.3 is 0 Å². The van der Waals surface area contributed by atoms with E-state index >= 15 is 0 Å². The van der Waals surface area contributed by atoms with Crippen molar-refractivity contribution < 1.29 is 4.79 Å². The highest BCUT2D eigenvalue weighted by Gasteiger charge is 2.34. The van der Waals surface area contributed by atoms with Crippen molar-refractivity contribution in [3.63, 3.8) is 0 Å². The van der Waals surface area contributed by atoms with Crippen LogP contribution in [0.5, 0.6) is 0 Å². The highest BCUT2D eigenvalue weighted by Crippen LogP contribution is 2.41. The summed E-state index contributed by atoms with van der Waals surface area (Å²) in [5, 5.41) is 7.55. The summed E-state index contributed by atoms with van der Waals surface area (Å²) in [6, 6.07) is 15.9. The van der Waals surface area contributed by atoms with E-state index in [0.717, 1.165) is 24.1 Å². The highest BCUT2D eigenvalue weighted by atomic mass is 16.1. The van der Waals surface area contributed by atoms with Crippen LogP contribution in [0.3, 0.4) is 0 Å². The Bertz CT molecular complexity index is 869. The number of nitrogens with one attached hydrogen (secondary N) is 1. The smallest absolute Gasteiger partial charge is 0.255 e. The van der Waals surface area contributed by atoms with Gasteiger partial charge in [0.05, 0.1) is 23.5 Å². The first-order valence-corrected chi connectivity index (χ1v) is 8.56. The molecule has 1 aliphatic rings. The van der Waals surface area contributed by atoms with Gasteiger partial charge in [-0.25, -0.2) is 9.67 Å². The quantitative estimate of drug-likeness (QED) is 0.778. The molecule has 1 saturated carbocycles. The average Bonchev–Trinajstić information content (AvgIpc) is 3.42. The van der Waals surface area contributed by atoms with Gasteiger partial charge in [-0.2, -0.15) is 5.10 Å². The molecular weight excluding hydrogens is 312 g/mol. The maximum absolute atomic E-state index is 12.8. The molecule has 2 aromatic heterocycles. The lowest BCUT2D eigenvalue weighted by atomic mass is 10.0. The number of rotatable bonds is 5. The van der Waals surface area contributed by atoms with Crippen molar-refractivity contribution in [1.82, 2.24) is 20.1 Å². The zero-order valence-electron chi connectivity index (χ0n) is 14.1. The first-order valence-electron chi connectivity index (χ1n) is 8.56.